The number of carbonyl (C=O) groups is 1. The van der Waals surface area contributed by atoms with Crippen molar-refractivity contribution in [1.82, 2.24) is 4.98 Å². The number of rotatable bonds is 5. The Morgan fingerprint density at radius 3 is 2.52 bits per heavy atom. The molecule has 1 N–H and O–H groups in total. The zero-order chi connectivity index (χ0) is 18.0. The van der Waals surface area contributed by atoms with Crippen LogP contribution in [-0.4, -0.2) is 23.1 Å². The lowest BCUT2D eigenvalue weighted by Crippen LogP contribution is -2.02. The van der Waals surface area contributed by atoms with Gasteiger partial charge in [0.1, 0.15) is 11.3 Å². The zero-order valence-corrected chi connectivity index (χ0v) is 13.7. The molecule has 128 valence electrons. The van der Waals surface area contributed by atoms with Crippen molar-refractivity contribution in [2.24, 2.45) is 0 Å². The van der Waals surface area contributed by atoms with Crippen LogP contribution in [0.25, 0.3) is 10.9 Å². The summed E-state index contributed by atoms with van der Waals surface area (Å²) in [6, 6.07) is 9.41. The number of hydrogen-bond acceptors (Lipinski definition) is 5. The molecule has 0 aliphatic rings. The standard InChI is InChI=1S/C19H16FNO4/c1-11(22)15-9-17(25-23)16-8-13(10-21-18(16)19(15)24-2)7-12-3-5-14(20)6-4-12/h3-6,8-10,23H,7H2,1-2H3. The first kappa shape index (κ1) is 16.9. The predicted octanol–water partition coefficient (Wildman–Crippen LogP) is 4.03. The van der Waals surface area contributed by atoms with Crippen molar-refractivity contribution >= 4 is 16.7 Å². The molecule has 0 atom stereocenters. The van der Waals surface area contributed by atoms with Gasteiger partial charge in [0.05, 0.1) is 18.1 Å². The molecule has 0 radical (unpaired) electrons. The largest absolute Gasteiger partial charge is 0.494 e. The Kier molecular flexibility index (Phi) is 4.63. The summed E-state index contributed by atoms with van der Waals surface area (Å²) < 4.78 is 18.3. The van der Waals surface area contributed by atoms with E-state index in [1.54, 1.807) is 24.4 Å². The maximum Gasteiger partial charge on any atom is 0.175 e. The van der Waals surface area contributed by atoms with Crippen LogP contribution in [0.1, 0.15) is 28.4 Å². The number of pyridine rings is 1. The number of nitrogens with zero attached hydrogens (tertiary/aromatic N) is 1. The third kappa shape index (κ3) is 3.29. The topological polar surface area (TPSA) is 68.7 Å². The zero-order valence-electron chi connectivity index (χ0n) is 13.7. The fourth-order valence-electron chi connectivity index (χ4n) is 2.76. The van der Waals surface area contributed by atoms with Crippen LogP contribution in [0.15, 0.2) is 42.6 Å². The van der Waals surface area contributed by atoms with Crippen molar-refractivity contribution in [2.45, 2.75) is 13.3 Å². The van der Waals surface area contributed by atoms with E-state index in [0.29, 0.717) is 23.1 Å². The van der Waals surface area contributed by atoms with E-state index in [-0.39, 0.29) is 22.9 Å². The van der Waals surface area contributed by atoms with E-state index in [4.69, 9.17) is 4.74 Å². The van der Waals surface area contributed by atoms with Crippen molar-refractivity contribution in [3.63, 3.8) is 0 Å². The molecule has 0 amide bonds. The number of benzene rings is 2. The Hall–Kier alpha value is -2.99. The average Bonchev–Trinajstić information content (AvgIpc) is 2.62. The first-order chi connectivity index (χ1) is 12.0. The van der Waals surface area contributed by atoms with Gasteiger partial charge >= 0.3 is 0 Å². The van der Waals surface area contributed by atoms with Gasteiger partial charge in [-0.2, -0.15) is 0 Å². The van der Waals surface area contributed by atoms with Gasteiger partial charge in [0.15, 0.2) is 17.3 Å². The molecule has 0 fully saturated rings. The van der Waals surface area contributed by atoms with Crippen molar-refractivity contribution in [1.29, 1.82) is 0 Å². The Morgan fingerprint density at radius 1 is 1.20 bits per heavy atom. The highest BCUT2D eigenvalue weighted by Crippen LogP contribution is 2.36. The average molecular weight is 341 g/mol. The molecule has 0 saturated carbocycles. The molecule has 6 heteroatoms. The van der Waals surface area contributed by atoms with Crippen LogP contribution < -0.4 is 9.62 Å². The Morgan fingerprint density at radius 2 is 1.92 bits per heavy atom. The molecule has 0 aliphatic carbocycles. The summed E-state index contributed by atoms with van der Waals surface area (Å²) in [5, 5.41) is 9.71. The Balaban J connectivity index is 2.11. The van der Waals surface area contributed by atoms with Crippen molar-refractivity contribution in [3.05, 3.63) is 65.1 Å². The molecule has 0 bridgehead atoms. The molecule has 25 heavy (non-hydrogen) atoms. The van der Waals surface area contributed by atoms with E-state index in [0.717, 1.165) is 11.1 Å². The summed E-state index contributed by atoms with van der Waals surface area (Å²) >= 11 is 0. The van der Waals surface area contributed by atoms with Crippen LogP contribution in [-0.2, 0) is 6.42 Å². The summed E-state index contributed by atoms with van der Waals surface area (Å²) in [6.45, 7) is 1.40. The molecule has 1 heterocycles. The quantitative estimate of drug-likeness (QED) is 0.431. The second kappa shape index (κ2) is 6.86. The van der Waals surface area contributed by atoms with Crippen LogP contribution in [0.4, 0.5) is 4.39 Å². The summed E-state index contributed by atoms with van der Waals surface area (Å²) in [4.78, 5) is 20.6. The molecule has 0 aliphatic heterocycles. The number of aromatic nitrogens is 1. The van der Waals surface area contributed by atoms with Crippen LogP contribution in [0.2, 0.25) is 0 Å². The molecule has 3 rings (SSSR count). The van der Waals surface area contributed by atoms with Crippen molar-refractivity contribution in [3.8, 4) is 11.5 Å². The molecule has 3 aromatic rings. The second-order valence-corrected chi connectivity index (χ2v) is 5.65. The van der Waals surface area contributed by atoms with Gasteiger partial charge in [-0.05, 0) is 48.7 Å². The van der Waals surface area contributed by atoms with E-state index in [1.807, 2.05) is 0 Å². The number of methoxy groups -OCH3 is 1. The lowest BCUT2D eigenvalue weighted by molar-refractivity contribution is -0.136. The number of hydrogen-bond donors (Lipinski definition) is 1. The van der Waals surface area contributed by atoms with Gasteiger partial charge in [-0.3, -0.25) is 9.78 Å². The monoisotopic (exact) mass is 341 g/mol. The first-order valence-corrected chi connectivity index (χ1v) is 7.60. The predicted molar refractivity (Wildman–Crippen MR) is 90.8 cm³/mol. The number of ether oxygens (including phenoxy) is 1. The summed E-state index contributed by atoms with van der Waals surface area (Å²) in [7, 11) is 1.45. The fourth-order valence-corrected chi connectivity index (χ4v) is 2.76. The summed E-state index contributed by atoms with van der Waals surface area (Å²) in [5.74, 6) is -0.0711. The molecule has 1 aromatic heterocycles. The molecular formula is C19H16FNO4. The van der Waals surface area contributed by atoms with Gasteiger partial charge in [-0.25, -0.2) is 9.65 Å². The maximum atomic E-state index is 13.0. The number of Topliss-reactive ketones (excluding diaryl/α,β-unsaturated/α-hetero) is 1. The molecule has 5 nitrogen and oxygen atoms in total. The molecule has 0 saturated heterocycles. The van der Waals surface area contributed by atoms with Crippen LogP contribution in [0.3, 0.4) is 0 Å². The van der Waals surface area contributed by atoms with Gasteiger partial charge in [0.2, 0.25) is 0 Å². The third-order valence-electron chi connectivity index (χ3n) is 3.95. The lowest BCUT2D eigenvalue weighted by atomic mass is 10.0. The maximum absolute atomic E-state index is 13.0. The highest BCUT2D eigenvalue weighted by atomic mass is 19.1. The summed E-state index contributed by atoms with van der Waals surface area (Å²) in [5.41, 5.74) is 2.45. The van der Waals surface area contributed by atoms with E-state index in [1.165, 1.54) is 32.2 Å². The second-order valence-electron chi connectivity index (χ2n) is 5.65. The first-order valence-electron chi connectivity index (χ1n) is 7.60. The number of halogens is 1. The number of fused-ring (bicyclic) bond motifs is 1. The fraction of sp³-hybridized carbons (Fsp3) is 0.158. The Labute approximate surface area is 143 Å². The lowest BCUT2D eigenvalue weighted by Gasteiger charge is -2.13. The molecule has 0 spiro atoms. The van der Waals surface area contributed by atoms with Crippen LogP contribution >= 0.6 is 0 Å². The highest BCUT2D eigenvalue weighted by Gasteiger charge is 2.18. The third-order valence-corrected chi connectivity index (χ3v) is 3.95. The van der Waals surface area contributed by atoms with E-state index in [9.17, 15) is 14.4 Å². The number of ketones is 1. The minimum Gasteiger partial charge on any atom is -0.494 e. The molecular weight excluding hydrogens is 325 g/mol. The van der Waals surface area contributed by atoms with Crippen LogP contribution in [0.5, 0.6) is 11.5 Å². The Bertz CT molecular complexity index is 938. The normalized spacial score (nSPS) is 10.7. The van der Waals surface area contributed by atoms with E-state index < -0.39 is 0 Å². The van der Waals surface area contributed by atoms with Gasteiger partial charge in [-0.1, -0.05) is 12.1 Å². The van der Waals surface area contributed by atoms with Gasteiger partial charge in [0.25, 0.3) is 0 Å². The van der Waals surface area contributed by atoms with Crippen LogP contribution in [0, 0.1) is 5.82 Å². The van der Waals surface area contributed by atoms with E-state index in [2.05, 4.69) is 9.87 Å². The van der Waals surface area contributed by atoms with Crippen molar-refractivity contribution < 1.29 is 24.1 Å². The molecule has 0 unspecified atom stereocenters. The van der Waals surface area contributed by atoms with Gasteiger partial charge < -0.3 is 9.62 Å². The number of carbonyl (C=O) groups excluding carboxylic acids is 1. The van der Waals surface area contributed by atoms with Gasteiger partial charge in [-0.15, -0.1) is 0 Å². The SMILES string of the molecule is COc1c(C(C)=O)cc(OO)c2cc(Cc3ccc(F)cc3)cnc12. The van der Waals surface area contributed by atoms with Gasteiger partial charge in [0, 0.05) is 6.20 Å². The summed E-state index contributed by atoms with van der Waals surface area (Å²) in [6.07, 6.45) is 2.18. The highest BCUT2D eigenvalue weighted by molar-refractivity contribution is 6.04. The molecule has 2 aromatic carbocycles. The minimum atomic E-state index is -0.294. The minimum absolute atomic E-state index is 0.120. The smallest absolute Gasteiger partial charge is 0.175 e. The van der Waals surface area contributed by atoms with Crippen molar-refractivity contribution in [2.75, 3.05) is 7.11 Å². The van der Waals surface area contributed by atoms with E-state index >= 15 is 0 Å².